The maximum absolute atomic E-state index is 13.2. The van der Waals surface area contributed by atoms with Crippen molar-refractivity contribution in [3.8, 4) is 11.1 Å². The van der Waals surface area contributed by atoms with Gasteiger partial charge in [-0.25, -0.2) is 9.97 Å². The number of fused-ring (bicyclic) bond motifs is 1. The molecule has 3 heterocycles. The van der Waals surface area contributed by atoms with E-state index in [0.29, 0.717) is 22.5 Å². The molecular weight excluding hydrogens is 441 g/mol. The van der Waals surface area contributed by atoms with Crippen molar-refractivity contribution in [1.82, 2.24) is 9.97 Å². The van der Waals surface area contributed by atoms with E-state index in [4.69, 9.17) is 0 Å². The van der Waals surface area contributed by atoms with Gasteiger partial charge < -0.3 is 10.2 Å². The number of alkyl halides is 3. The molecule has 0 saturated carbocycles. The van der Waals surface area contributed by atoms with Crippen LogP contribution in [0.5, 0.6) is 0 Å². The molecule has 0 unspecified atom stereocenters. The van der Waals surface area contributed by atoms with E-state index in [9.17, 15) is 18.0 Å². The van der Waals surface area contributed by atoms with Gasteiger partial charge in [-0.3, -0.25) is 4.79 Å². The molecule has 172 valence electrons. The Bertz CT molecular complexity index is 1360. The second-order valence-corrected chi connectivity index (χ2v) is 8.18. The highest BCUT2D eigenvalue weighted by molar-refractivity contribution is 6.05. The normalized spacial score (nSPS) is 13.9. The summed E-state index contributed by atoms with van der Waals surface area (Å²) in [6.07, 6.45) is -2.21. The van der Waals surface area contributed by atoms with Crippen molar-refractivity contribution in [2.24, 2.45) is 0 Å². The number of pyridine rings is 2. The Morgan fingerprint density at radius 3 is 2.44 bits per heavy atom. The van der Waals surface area contributed by atoms with Gasteiger partial charge >= 0.3 is 6.18 Å². The number of hydrogen-bond donors (Lipinski definition) is 1. The predicted octanol–water partition coefficient (Wildman–Crippen LogP) is 6.17. The molecule has 0 spiro atoms. The third kappa shape index (κ3) is 4.44. The van der Waals surface area contributed by atoms with Crippen LogP contribution in [0.15, 0.2) is 72.8 Å². The van der Waals surface area contributed by atoms with Gasteiger partial charge in [-0.15, -0.1) is 0 Å². The molecule has 4 aromatic rings. The van der Waals surface area contributed by atoms with Crippen LogP contribution in [-0.2, 0) is 6.18 Å². The summed E-state index contributed by atoms with van der Waals surface area (Å²) in [6.45, 7) is 1.88. The predicted molar refractivity (Wildman–Crippen MR) is 126 cm³/mol. The van der Waals surface area contributed by atoms with Crippen LogP contribution in [0.1, 0.15) is 28.9 Å². The van der Waals surface area contributed by atoms with Crippen LogP contribution in [-0.4, -0.2) is 29.0 Å². The summed E-state index contributed by atoms with van der Waals surface area (Å²) in [5.41, 5.74) is 0.770. The van der Waals surface area contributed by atoms with Gasteiger partial charge in [0.15, 0.2) is 0 Å². The molecule has 1 aliphatic rings. The molecule has 1 aliphatic heterocycles. The van der Waals surface area contributed by atoms with Crippen molar-refractivity contribution in [1.29, 1.82) is 0 Å². The second-order valence-electron chi connectivity index (χ2n) is 8.18. The van der Waals surface area contributed by atoms with E-state index in [1.807, 2.05) is 18.2 Å². The summed E-state index contributed by atoms with van der Waals surface area (Å²) < 4.78 is 39.7. The molecule has 0 bridgehead atoms. The lowest BCUT2D eigenvalue weighted by Gasteiger charge is -2.17. The number of rotatable bonds is 4. The van der Waals surface area contributed by atoms with Gasteiger partial charge in [0.1, 0.15) is 17.3 Å². The SMILES string of the molecule is O=C(Nc1cccc(N2CCCC2)n1)c1ccc2cccc(-c3cccc(C(F)(F)F)c3)c2n1. The third-order valence-electron chi connectivity index (χ3n) is 5.86. The van der Waals surface area contributed by atoms with E-state index in [1.165, 1.54) is 6.07 Å². The molecule has 0 aliphatic carbocycles. The van der Waals surface area contributed by atoms with Gasteiger partial charge in [0.25, 0.3) is 5.91 Å². The van der Waals surface area contributed by atoms with E-state index in [-0.39, 0.29) is 5.69 Å². The highest BCUT2D eigenvalue weighted by Gasteiger charge is 2.30. The number of carbonyl (C=O) groups excluding carboxylic acids is 1. The number of nitrogens with zero attached hydrogens (tertiary/aromatic N) is 3. The zero-order valence-corrected chi connectivity index (χ0v) is 18.1. The first kappa shape index (κ1) is 21.9. The zero-order chi connectivity index (χ0) is 23.7. The van der Waals surface area contributed by atoms with Crippen molar-refractivity contribution in [3.05, 3.63) is 84.1 Å². The lowest BCUT2D eigenvalue weighted by atomic mass is 9.99. The van der Waals surface area contributed by atoms with Crippen molar-refractivity contribution in [2.75, 3.05) is 23.3 Å². The van der Waals surface area contributed by atoms with E-state index >= 15 is 0 Å². The molecule has 1 fully saturated rings. The number of aromatic nitrogens is 2. The van der Waals surface area contributed by atoms with Crippen LogP contribution in [0.4, 0.5) is 24.8 Å². The average molecular weight is 462 g/mol. The van der Waals surface area contributed by atoms with Gasteiger partial charge in [-0.1, -0.05) is 42.5 Å². The van der Waals surface area contributed by atoms with Gasteiger partial charge in [-0.05, 0) is 48.7 Å². The van der Waals surface area contributed by atoms with Crippen LogP contribution in [0.2, 0.25) is 0 Å². The summed E-state index contributed by atoms with van der Waals surface area (Å²) in [6, 6.07) is 19.2. The molecule has 0 radical (unpaired) electrons. The minimum atomic E-state index is -4.45. The van der Waals surface area contributed by atoms with Crippen LogP contribution in [0.25, 0.3) is 22.0 Å². The van der Waals surface area contributed by atoms with Crippen molar-refractivity contribution < 1.29 is 18.0 Å². The Balaban J connectivity index is 1.46. The minimum absolute atomic E-state index is 0.153. The standard InChI is InChI=1S/C26H21F3N4O/c27-26(28,29)19-8-3-7-18(16-19)20-9-4-6-17-12-13-21(30-24(17)20)25(34)32-22-10-5-11-23(31-22)33-14-1-2-15-33/h3-13,16H,1-2,14-15H2,(H,31,32,34). The van der Waals surface area contributed by atoms with Crippen LogP contribution >= 0.6 is 0 Å². The number of benzene rings is 2. The number of amides is 1. The number of halogens is 3. The van der Waals surface area contributed by atoms with Crippen LogP contribution in [0, 0.1) is 0 Å². The summed E-state index contributed by atoms with van der Waals surface area (Å²) in [4.78, 5) is 24.2. The summed E-state index contributed by atoms with van der Waals surface area (Å²) in [7, 11) is 0. The molecule has 2 aromatic heterocycles. The van der Waals surface area contributed by atoms with E-state index < -0.39 is 17.6 Å². The van der Waals surface area contributed by atoms with Crippen LogP contribution < -0.4 is 10.2 Å². The zero-order valence-electron chi connectivity index (χ0n) is 18.1. The minimum Gasteiger partial charge on any atom is -0.357 e. The van der Waals surface area contributed by atoms with Crippen molar-refractivity contribution >= 4 is 28.4 Å². The number of para-hydroxylation sites is 1. The van der Waals surface area contributed by atoms with E-state index in [1.54, 1.807) is 36.4 Å². The Labute approximate surface area is 194 Å². The fraction of sp³-hybridized carbons (Fsp3) is 0.192. The van der Waals surface area contributed by atoms with E-state index in [2.05, 4.69) is 20.2 Å². The van der Waals surface area contributed by atoms with Gasteiger partial charge in [0, 0.05) is 24.0 Å². The molecule has 1 amide bonds. The quantitative estimate of drug-likeness (QED) is 0.394. The first-order valence-corrected chi connectivity index (χ1v) is 11.0. The number of carbonyl (C=O) groups is 1. The van der Waals surface area contributed by atoms with Crippen molar-refractivity contribution in [2.45, 2.75) is 19.0 Å². The number of hydrogen-bond acceptors (Lipinski definition) is 4. The highest BCUT2D eigenvalue weighted by atomic mass is 19.4. The first-order chi connectivity index (χ1) is 16.4. The van der Waals surface area contributed by atoms with Gasteiger partial charge in [0.05, 0.1) is 11.1 Å². The maximum Gasteiger partial charge on any atom is 0.416 e. The summed E-state index contributed by atoms with van der Waals surface area (Å²) >= 11 is 0. The lowest BCUT2D eigenvalue weighted by molar-refractivity contribution is -0.137. The summed E-state index contributed by atoms with van der Waals surface area (Å²) in [5, 5.41) is 3.51. The maximum atomic E-state index is 13.2. The Morgan fingerprint density at radius 2 is 1.65 bits per heavy atom. The number of anilines is 2. The molecule has 1 N–H and O–H groups in total. The summed E-state index contributed by atoms with van der Waals surface area (Å²) in [5.74, 6) is 0.794. The monoisotopic (exact) mass is 462 g/mol. The molecule has 1 saturated heterocycles. The lowest BCUT2D eigenvalue weighted by Crippen LogP contribution is -2.20. The molecule has 2 aromatic carbocycles. The average Bonchev–Trinajstić information content (AvgIpc) is 3.38. The Kier molecular flexibility index (Phi) is 5.65. The fourth-order valence-corrected chi connectivity index (χ4v) is 4.17. The molecule has 34 heavy (non-hydrogen) atoms. The molecular formula is C26H21F3N4O. The largest absolute Gasteiger partial charge is 0.416 e. The van der Waals surface area contributed by atoms with Crippen LogP contribution in [0.3, 0.4) is 0 Å². The highest BCUT2D eigenvalue weighted by Crippen LogP contribution is 2.34. The van der Waals surface area contributed by atoms with E-state index in [0.717, 1.165) is 49.3 Å². The Hall–Kier alpha value is -3.94. The van der Waals surface area contributed by atoms with Crippen molar-refractivity contribution in [3.63, 3.8) is 0 Å². The molecule has 8 heteroatoms. The van der Waals surface area contributed by atoms with Gasteiger partial charge in [-0.2, -0.15) is 13.2 Å². The third-order valence-corrected chi connectivity index (χ3v) is 5.86. The molecule has 0 atom stereocenters. The Morgan fingerprint density at radius 1 is 0.882 bits per heavy atom. The fourth-order valence-electron chi connectivity index (χ4n) is 4.17. The number of nitrogens with one attached hydrogen (secondary N) is 1. The smallest absolute Gasteiger partial charge is 0.357 e. The second kappa shape index (κ2) is 8.78. The molecule has 5 rings (SSSR count). The van der Waals surface area contributed by atoms with Gasteiger partial charge in [0.2, 0.25) is 0 Å². The topological polar surface area (TPSA) is 58.1 Å². The molecule has 5 nitrogen and oxygen atoms in total. The first-order valence-electron chi connectivity index (χ1n) is 11.0.